The number of hydrogen-bond donors (Lipinski definition) is 1. The number of carbonyl (C=O) groups is 1. The van der Waals surface area contributed by atoms with Gasteiger partial charge in [0, 0.05) is 0 Å². The number of hydrogen-bond acceptors (Lipinski definition) is 3. The molecule has 1 aromatic rings. The first kappa shape index (κ1) is 9.62. The van der Waals surface area contributed by atoms with E-state index < -0.39 is 29.4 Å². The van der Waals surface area contributed by atoms with E-state index in [1.807, 2.05) is 0 Å². The number of carboxylic acids is 1. The van der Waals surface area contributed by atoms with Crippen LogP contribution in [-0.2, 0) is 6.18 Å². The van der Waals surface area contributed by atoms with Gasteiger partial charge >= 0.3 is 12.1 Å². The number of halogens is 3. The number of oxazole rings is 1. The Morgan fingerprint density at radius 2 is 2.08 bits per heavy atom. The molecule has 1 aromatic heterocycles. The Morgan fingerprint density at radius 1 is 1.54 bits per heavy atom. The van der Waals surface area contributed by atoms with Crippen molar-refractivity contribution in [2.75, 3.05) is 0 Å². The second-order valence-electron chi connectivity index (χ2n) is 2.03. The fourth-order valence-electron chi connectivity index (χ4n) is 0.674. The Labute approximate surface area is 70.8 Å². The second kappa shape index (κ2) is 2.79. The van der Waals surface area contributed by atoms with Crippen LogP contribution in [0.15, 0.2) is 4.42 Å². The van der Waals surface area contributed by atoms with Gasteiger partial charge in [0.15, 0.2) is 13.5 Å². The summed E-state index contributed by atoms with van der Waals surface area (Å²) in [5.41, 5.74) is -1.63. The summed E-state index contributed by atoms with van der Waals surface area (Å²) in [7, 11) is 4.77. The van der Waals surface area contributed by atoms with Crippen molar-refractivity contribution in [3.63, 3.8) is 0 Å². The molecule has 0 saturated carbocycles. The summed E-state index contributed by atoms with van der Waals surface area (Å²) >= 11 is 0. The van der Waals surface area contributed by atoms with Crippen molar-refractivity contribution in [1.29, 1.82) is 0 Å². The summed E-state index contributed by atoms with van der Waals surface area (Å²) in [6.07, 6.45) is -4.88. The monoisotopic (exact) mass is 191 g/mol. The molecule has 1 heterocycles. The van der Waals surface area contributed by atoms with Crippen LogP contribution in [0.25, 0.3) is 0 Å². The van der Waals surface area contributed by atoms with Crippen LogP contribution < -0.4 is 5.79 Å². The van der Waals surface area contributed by atoms with E-state index in [0.717, 1.165) is 0 Å². The van der Waals surface area contributed by atoms with Crippen molar-refractivity contribution in [3.05, 3.63) is 11.5 Å². The Kier molecular flexibility index (Phi) is 2.06. The normalized spacial score (nSPS) is 11.6. The minimum absolute atomic E-state index is 0.829. The number of rotatable bonds is 1. The Hall–Kier alpha value is -1.47. The third-order valence-corrected chi connectivity index (χ3v) is 1.11. The van der Waals surface area contributed by atoms with Gasteiger partial charge in [-0.15, -0.1) is 0 Å². The summed E-state index contributed by atoms with van der Waals surface area (Å²) in [5.74, 6) is -3.99. The smallest absolute Gasteiger partial charge is 0.437 e. The molecular formula is C5HBF3NO3. The first-order chi connectivity index (χ1) is 5.82. The fraction of sp³-hybridized carbons (Fsp3) is 0.200. The molecule has 1 N–H and O–H groups in total. The van der Waals surface area contributed by atoms with Gasteiger partial charge < -0.3 is 9.52 Å². The van der Waals surface area contributed by atoms with E-state index in [2.05, 4.69) is 9.40 Å². The lowest BCUT2D eigenvalue weighted by atomic mass is 10.2. The van der Waals surface area contributed by atoms with E-state index in [1.54, 1.807) is 0 Å². The molecule has 0 spiro atoms. The van der Waals surface area contributed by atoms with Crippen LogP contribution in [-0.4, -0.2) is 23.9 Å². The zero-order valence-corrected chi connectivity index (χ0v) is 5.92. The van der Waals surface area contributed by atoms with E-state index in [0.29, 0.717) is 0 Å². The van der Waals surface area contributed by atoms with Crippen molar-refractivity contribution in [3.8, 4) is 0 Å². The lowest BCUT2D eigenvalue weighted by Crippen LogP contribution is -2.12. The maximum Gasteiger partial charge on any atom is 0.437 e. The van der Waals surface area contributed by atoms with Crippen LogP contribution in [0.1, 0.15) is 16.2 Å². The fourth-order valence-corrected chi connectivity index (χ4v) is 0.674. The number of nitrogens with zero attached hydrogens (tertiary/aromatic N) is 1. The molecule has 0 bridgehead atoms. The zero-order chi connectivity index (χ0) is 10.2. The molecule has 0 aliphatic heterocycles. The van der Waals surface area contributed by atoms with Crippen molar-refractivity contribution >= 4 is 19.6 Å². The minimum Gasteiger partial charge on any atom is -0.475 e. The van der Waals surface area contributed by atoms with Crippen LogP contribution in [0.3, 0.4) is 0 Å². The number of alkyl halides is 3. The largest absolute Gasteiger partial charge is 0.475 e. The van der Waals surface area contributed by atoms with Gasteiger partial charge in [0.05, 0.1) is 0 Å². The second-order valence-corrected chi connectivity index (χ2v) is 2.03. The quantitative estimate of drug-likeness (QED) is 0.643. The third kappa shape index (κ3) is 1.82. The molecule has 0 aliphatic carbocycles. The molecule has 0 aliphatic rings. The summed E-state index contributed by atoms with van der Waals surface area (Å²) in [6.45, 7) is 0. The molecule has 0 atom stereocenters. The van der Waals surface area contributed by atoms with Gasteiger partial charge in [0.2, 0.25) is 5.76 Å². The highest BCUT2D eigenvalue weighted by molar-refractivity contribution is 6.28. The van der Waals surface area contributed by atoms with E-state index in [1.165, 1.54) is 0 Å². The van der Waals surface area contributed by atoms with Gasteiger partial charge in [0.1, 0.15) is 5.79 Å². The van der Waals surface area contributed by atoms with Crippen molar-refractivity contribution in [1.82, 2.24) is 4.98 Å². The first-order valence-corrected chi connectivity index (χ1v) is 2.89. The van der Waals surface area contributed by atoms with Crippen molar-refractivity contribution in [2.45, 2.75) is 6.18 Å². The third-order valence-electron chi connectivity index (χ3n) is 1.11. The highest BCUT2D eigenvalue weighted by Gasteiger charge is 2.40. The molecule has 2 radical (unpaired) electrons. The predicted molar refractivity (Wildman–Crippen MR) is 33.9 cm³/mol. The topological polar surface area (TPSA) is 63.3 Å². The minimum atomic E-state index is -4.88. The lowest BCUT2D eigenvalue weighted by Gasteiger charge is -2.00. The molecule has 13 heavy (non-hydrogen) atoms. The number of aromatic nitrogens is 1. The van der Waals surface area contributed by atoms with Gasteiger partial charge in [0.25, 0.3) is 0 Å². The number of carboxylic acid groups (broad SMARTS) is 1. The molecule has 68 valence electrons. The molecule has 1 rings (SSSR count). The summed E-state index contributed by atoms with van der Waals surface area (Å²) in [6, 6.07) is 0. The molecule has 4 nitrogen and oxygen atoms in total. The van der Waals surface area contributed by atoms with E-state index >= 15 is 0 Å². The average Bonchev–Trinajstić information content (AvgIpc) is 2.29. The SMILES string of the molecule is [B]c1nc(C(F)(F)F)c(C(=O)O)o1. The molecule has 0 saturated heterocycles. The van der Waals surface area contributed by atoms with Crippen LogP contribution >= 0.6 is 0 Å². The summed E-state index contributed by atoms with van der Waals surface area (Å²) in [5, 5.41) is 8.25. The highest BCUT2D eigenvalue weighted by Crippen LogP contribution is 2.29. The molecule has 0 amide bonds. The summed E-state index contributed by atoms with van der Waals surface area (Å²) in [4.78, 5) is 12.9. The molecule has 0 aromatic carbocycles. The van der Waals surface area contributed by atoms with E-state index in [9.17, 15) is 18.0 Å². The Bertz CT molecular complexity index is 345. The van der Waals surface area contributed by atoms with E-state index in [4.69, 9.17) is 13.0 Å². The molecule has 0 fully saturated rings. The van der Waals surface area contributed by atoms with Crippen LogP contribution in [0, 0.1) is 0 Å². The maximum absolute atomic E-state index is 12.0. The van der Waals surface area contributed by atoms with Crippen LogP contribution in [0.2, 0.25) is 0 Å². The van der Waals surface area contributed by atoms with Gasteiger partial charge in [-0.25, -0.2) is 9.78 Å². The van der Waals surface area contributed by atoms with Gasteiger partial charge in [-0.2, -0.15) is 13.2 Å². The van der Waals surface area contributed by atoms with Gasteiger partial charge in [-0.05, 0) is 0 Å². The molecule has 0 unspecified atom stereocenters. The zero-order valence-electron chi connectivity index (χ0n) is 5.92. The highest BCUT2D eigenvalue weighted by atomic mass is 19.4. The van der Waals surface area contributed by atoms with Crippen LogP contribution in [0.4, 0.5) is 13.2 Å². The molecular weight excluding hydrogens is 190 g/mol. The number of aromatic carboxylic acids is 1. The van der Waals surface area contributed by atoms with Crippen LogP contribution in [0.5, 0.6) is 0 Å². The summed E-state index contributed by atoms with van der Waals surface area (Å²) < 4.78 is 40.0. The Balaban J connectivity index is 3.28. The maximum atomic E-state index is 12.0. The standard InChI is InChI=1S/C5HBF3NO3/c6-4-10-2(5(7,8)9)1(13-4)3(11)12/h(H,11,12). The predicted octanol–water partition coefficient (Wildman–Crippen LogP) is 0.185. The average molecular weight is 191 g/mol. The lowest BCUT2D eigenvalue weighted by molar-refractivity contribution is -0.141. The van der Waals surface area contributed by atoms with E-state index in [-0.39, 0.29) is 0 Å². The van der Waals surface area contributed by atoms with Gasteiger partial charge in [-0.3, -0.25) is 0 Å². The Morgan fingerprint density at radius 3 is 2.38 bits per heavy atom. The van der Waals surface area contributed by atoms with Crippen molar-refractivity contribution < 1.29 is 27.5 Å². The van der Waals surface area contributed by atoms with Gasteiger partial charge in [-0.1, -0.05) is 0 Å². The first-order valence-electron chi connectivity index (χ1n) is 2.89. The molecule has 8 heteroatoms. The van der Waals surface area contributed by atoms with Crippen molar-refractivity contribution in [2.24, 2.45) is 0 Å².